The van der Waals surface area contributed by atoms with Crippen molar-refractivity contribution in [2.45, 2.75) is 26.2 Å². The summed E-state index contributed by atoms with van der Waals surface area (Å²) in [5, 5.41) is 12.2. The van der Waals surface area contributed by atoms with E-state index < -0.39 is 5.97 Å². The molecule has 1 aliphatic heterocycles. The van der Waals surface area contributed by atoms with Crippen LogP contribution >= 0.6 is 0 Å². The summed E-state index contributed by atoms with van der Waals surface area (Å²) in [7, 11) is 0. The molecule has 0 bridgehead atoms. The molecular weight excluding hydrogens is 228 g/mol. The molecule has 0 radical (unpaired) electrons. The van der Waals surface area contributed by atoms with Crippen LogP contribution in [0.2, 0.25) is 0 Å². The number of carboxylic acids is 1. The Bertz CT molecular complexity index is 432. The molecule has 98 valence electrons. The molecule has 1 heterocycles. The minimum Gasteiger partial charge on any atom is -0.481 e. The zero-order valence-electron chi connectivity index (χ0n) is 10.8. The lowest BCUT2D eigenvalue weighted by molar-refractivity contribution is -0.136. The van der Waals surface area contributed by atoms with Gasteiger partial charge in [0.2, 0.25) is 0 Å². The molecule has 0 aliphatic carbocycles. The van der Waals surface area contributed by atoms with Crippen molar-refractivity contribution in [3.8, 4) is 0 Å². The third-order valence-electron chi connectivity index (χ3n) is 3.33. The second kappa shape index (κ2) is 5.76. The molecule has 4 nitrogen and oxygen atoms in total. The third-order valence-corrected chi connectivity index (χ3v) is 3.33. The summed E-state index contributed by atoms with van der Waals surface area (Å²) in [6.45, 7) is 4.58. The fourth-order valence-corrected chi connectivity index (χ4v) is 2.30. The molecule has 1 aromatic carbocycles. The molecule has 4 heteroatoms. The number of benzene rings is 1. The van der Waals surface area contributed by atoms with Crippen molar-refractivity contribution in [3.05, 3.63) is 23.8 Å². The van der Waals surface area contributed by atoms with Crippen LogP contribution in [0, 0.1) is 0 Å². The first kappa shape index (κ1) is 12.7. The molecule has 0 atom stereocenters. The van der Waals surface area contributed by atoms with Crippen molar-refractivity contribution < 1.29 is 9.90 Å². The van der Waals surface area contributed by atoms with E-state index in [9.17, 15) is 4.79 Å². The van der Waals surface area contributed by atoms with Gasteiger partial charge < -0.3 is 15.3 Å². The average Bonchev–Trinajstić information content (AvgIpc) is 2.57. The van der Waals surface area contributed by atoms with Crippen LogP contribution in [0.1, 0.15) is 25.3 Å². The molecular formula is C14H20N2O2. The molecule has 0 saturated heterocycles. The molecule has 1 aliphatic rings. The first-order valence-corrected chi connectivity index (χ1v) is 6.54. The minimum atomic E-state index is -0.737. The summed E-state index contributed by atoms with van der Waals surface area (Å²) in [4.78, 5) is 12.9. The van der Waals surface area contributed by atoms with Crippen molar-refractivity contribution in [1.82, 2.24) is 0 Å². The number of anilines is 2. The van der Waals surface area contributed by atoms with Crippen LogP contribution in [-0.4, -0.2) is 30.7 Å². The Morgan fingerprint density at radius 2 is 2.33 bits per heavy atom. The topological polar surface area (TPSA) is 52.6 Å². The Labute approximate surface area is 108 Å². The summed E-state index contributed by atoms with van der Waals surface area (Å²) in [5.74, 6) is -0.737. The van der Waals surface area contributed by atoms with Gasteiger partial charge in [0.05, 0.1) is 17.8 Å². The lowest BCUT2D eigenvalue weighted by Gasteiger charge is -2.24. The highest BCUT2D eigenvalue weighted by Gasteiger charge is 2.15. The summed E-state index contributed by atoms with van der Waals surface area (Å²) >= 11 is 0. The van der Waals surface area contributed by atoms with Gasteiger partial charge in [-0.25, -0.2) is 0 Å². The van der Waals surface area contributed by atoms with E-state index in [-0.39, 0.29) is 6.42 Å². The number of aryl methyl sites for hydroxylation is 1. The van der Waals surface area contributed by atoms with Gasteiger partial charge in [0.15, 0.2) is 0 Å². The normalized spacial score (nSPS) is 14.6. The van der Waals surface area contributed by atoms with Crippen LogP contribution in [-0.2, 0) is 11.2 Å². The van der Waals surface area contributed by atoms with E-state index in [0.717, 1.165) is 37.3 Å². The van der Waals surface area contributed by atoms with E-state index >= 15 is 0 Å². The number of hydrogen-bond acceptors (Lipinski definition) is 3. The van der Waals surface area contributed by atoms with Crippen LogP contribution in [0.5, 0.6) is 0 Å². The number of carboxylic acid groups (broad SMARTS) is 1. The van der Waals surface area contributed by atoms with Gasteiger partial charge in [-0.2, -0.15) is 0 Å². The van der Waals surface area contributed by atoms with Crippen LogP contribution < -0.4 is 10.2 Å². The maximum absolute atomic E-state index is 10.7. The number of fused-ring (bicyclic) bond motifs is 1. The van der Waals surface area contributed by atoms with Crippen LogP contribution in [0.4, 0.5) is 11.4 Å². The first-order chi connectivity index (χ1) is 8.70. The standard InChI is InChI=1S/C14H20N2O2/c1-2-11-4-5-13-12(10-11)15-7-3-8-16(13)9-6-14(17)18/h4-5,10,15H,2-3,6-9H2,1H3,(H,17,18). The maximum Gasteiger partial charge on any atom is 0.305 e. The quantitative estimate of drug-likeness (QED) is 0.858. The third kappa shape index (κ3) is 2.94. The van der Waals surface area contributed by atoms with E-state index in [4.69, 9.17) is 5.11 Å². The first-order valence-electron chi connectivity index (χ1n) is 6.54. The van der Waals surface area contributed by atoms with Gasteiger partial charge in [-0.05, 0) is 30.5 Å². The minimum absolute atomic E-state index is 0.189. The van der Waals surface area contributed by atoms with Crippen molar-refractivity contribution in [1.29, 1.82) is 0 Å². The zero-order valence-corrected chi connectivity index (χ0v) is 10.8. The molecule has 0 aromatic heterocycles. The van der Waals surface area contributed by atoms with E-state index in [1.165, 1.54) is 5.56 Å². The largest absolute Gasteiger partial charge is 0.481 e. The van der Waals surface area contributed by atoms with Gasteiger partial charge >= 0.3 is 5.97 Å². The van der Waals surface area contributed by atoms with Gasteiger partial charge in [0, 0.05) is 19.6 Å². The van der Waals surface area contributed by atoms with E-state index in [1.54, 1.807) is 0 Å². The Morgan fingerprint density at radius 3 is 3.06 bits per heavy atom. The predicted octanol–water partition coefficient (Wildman–Crippen LogP) is 2.35. The number of nitrogens with zero attached hydrogens (tertiary/aromatic N) is 1. The van der Waals surface area contributed by atoms with E-state index in [1.807, 2.05) is 0 Å². The fraction of sp³-hybridized carbons (Fsp3) is 0.500. The highest BCUT2D eigenvalue weighted by atomic mass is 16.4. The Kier molecular flexibility index (Phi) is 4.07. The lowest BCUT2D eigenvalue weighted by atomic mass is 10.1. The van der Waals surface area contributed by atoms with Crippen molar-refractivity contribution in [2.24, 2.45) is 0 Å². The van der Waals surface area contributed by atoms with Crippen molar-refractivity contribution in [3.63, 3.8) is 0 Å². The van der Waals surface area contributed by atoms with Gasteiger partial charge in [0.25, 0.3) is 0 Å². The Hall–Kier alpha value is -1.71. The zero-order chi connectivity index (χ0) is 13.0. The molecule has 0 amide bonds. The molecule has 0 saturated carbocycles. The molecule has 0 fully saturated rings. The van der Waals surface area contributed by atoms with Crippen molar-refractivity contribution in [2.75, 3.05) is 29.9 Å². The monoisotopic (exact) mass is 248 g/mol. The number of aliphatic carboxylic acids is 1. The molecule has 0 spiro atoms. The van der Waals surface area contributed by atoms with E-state index in [0.29, 0.717) is 6.54 Å². The number of rotatable bonds is 4. The average molecular weight is 248 g/mol. The highest BCUT2D eigenvalue weighted by Crippen LogP contribution is 2.29. The lowest BCUT2D eigenvalue weighted by Crippen LogP contribution is -2.26. The summed E-state index contributed by atoms with van der Waals surface area (Å²) in [6, 6.07) is 6.41. The Morgan fingerprint density at radius 1 is 1.50 bits per heavy atom. The van der Waals surface area contributed by atoms with Gasteiger partial charge in [0.1, 0.15) is 0 Å². The highest BCUT2D eigenvalue weighted by molar-refractivity contribution is 5.73. The molecule has 0 unspecified atom stereocenters. The second-order valence-corrected chi connectivity index (χ2v) is 4.62. The fourth-order valence-electron chi connectivity index (χ4n) is 2.30. The van der Waals surface area contributed by atoms with Crippen LogP contribution in [0.25, 0.3) is 0 Å². The van der Waals surface area contributed by atoms with E-state index in [2.05, 4.69) is 35.3 Å². The molecule has 18 heavy (non-hydrogen) atoms. The van der Waals surface area contributed by atoms with Gasteiger partial charge in [-0.15, -0.1) is 0 Å². The summed E-state index contributed by atoms with van der Waals surface area (Å²) < 4.78 is 0. The van der Waals surface area contributed by atoms with Crippen LogP contribution in [0.3, 0.4) is 0 Å². The maximum atomic E-state index is 10.7. The smallest absolute Gasteiger partial charge is 0.305 e. The van der Waals surface area contributed by atoms with Gasteiger partial charge in [-0.1, -0.05) is 13.0 Å². The SMILES string of the molecule is CCc1ccc2c(c1)NCCCN2CCC(=O)O. The summed E-state index contributed by atoms with van der Waals surface area (Å²) in [6.07, 6.45) is 2.24. The number of nitrogens with one attached hydrogen (secondary N) is 1. The molecule has 1 aromatic rings. The number of carbonyl (C=O) groups is 1. The molecule has 2 rings (SSSR count). The predicted molar refractivity (Wildman–Crippen MR) is 73.4 cm³/mol. The summed E-state index contributed by atoms with van der Waals surface area (Å²) in [5.41, 5.74) is 3.57. The van der Waals surface area contributed by atoms with Crippen LogP contribution in [0.15, 0.2) is 18.2 Å². The Balaban J connectivity index is 2.21. The van der Waals surface area contributed by atoms with Gasteiger partial charge in [-0.3, -0.25) is 4.79 Å². The second-order valence-electron chi connectivity index (χ2n) is 4.62. The number of hydrogen-bond donors (Lipinski definition) is 2. The van der Waals surface area contributed by atoms with Crippen molar-refractivity contribution >= 4 is 17.3 Å². The molecule has 2 N–H and O–H groups in total.